The molecule has 3 unspecified atom stereocenters. The summed E-state index contributed by atoms with van der Waals surface area (Å²) >= 11 is 3.65. The number of hydrogen-bond donors (Lipinski definition) is 0. The van der Waals surface area contributed by atoms with Crippen LogP contribution in [0.4, 0.5) is 0 Å². The van der Waals surface area contributed by atoms with Crippen molar-refractivity contribution in [3.63, 3.8) is 0 Å². The van der Waals surface area contributed by atoms with Crippen LogP contribution in [0.15, 0.2) is 0 Å². The van der Waals surface area contributed by atoms with Crippen molar-refractivity contribution in [3.8, 4) is 0 Å². The van der Waals surface area contributed by atoms with Gasteiger partial charge in [0.2, 0.25) is 0 Å². The molecule has 0 aromatic rings. The van der Waals surface area contributed by atoms with Crippen LogP contribution in [0.1, 0.15) is 39.0 Å². The van der Waals surface area contributed by atoms with Gasteiger partial charge >= 0.3 is 0 Å². The standard InChI is InChI=1S/C13H23BrO2/c1-11-3-2-5-13(7-11,10-14)16-9-12-4-6-15-8-12/h11-12H,2-10H2,1H3. The predicted molar refractivity (Wildman–Crippen MR) is 69.0 cm³/mol. The molecule has 1 saturated carbocycles. The van der Waals surface area contributed by atoms with Gasteiger partial charge in [-0.1, -0.05) is 35.7 Å². The summed E-state index contributed by atoms with van der Waals surface area (Å²) in [5.74, 6) is 1.44. The summed E-state index contributed by atoms with van der Waals surface area (Å²) < 4.78 is 11.6. The minimum Gasteiger partial charge on any atom is -0.381 e. The first-order valence-electron chi connectivity index (χ1n) is 6.52. The highest BCUT2D eigenvalue weighted by molar-refractivity contribution is 9.09. The molecule has 0 N–H and O–H groups in total. The highest BCUT2D eigenvalue weighted by atomic mass is 79.9. The van der Waals surface area contributed by atoms with Crippen molar-refractivity contribution in [1.29, 1.82) is 0 Å². The van der Waals surface area contributed by atoms with E-state index in [1.54, 1.807) is 0 Å². The van der Waals surface area contributed by atoms with E-state index in [4.69, 9.17) is 9.47 Å². The molecule has 1 heterocycles. The van der Waals surface area contributed by atoms with Crippen LogP contribution < -0.4 is 0 Å². The SMILES string of the molecule is CC1CCCC(CBr)(OCC2CCOC2)C1. The molecule has 0 aromatic heterocycles. The first kappa shape index (κ1) is 12.8. The fraction of sp³-hybridized carbons (Fsp3) is 1.00. The second-order valence-corrected chi connectivity index (χ2v) is 6.12. The van der Waals surface area contributed by atoms with Crippen molar-refractivity contribution < 1.29 is 9.47 Å². The third-order valence-electron chi connectivity index (χ3n) is 3.94. The Kier molecular flexibility index (Phi) is 4.68. The molecular formula is C13H23BrO2. The van der Waals surface area contributed by atoms with Crippen LogP contribution in [0.25, 0.3) is 0 Å². The zero-order chi connectivity index (χ0) is 11.4. The van der Waals surface area contributed by atoms with Crippen molar-refractivity contribution in [2.24, 2.45) is 11.8 Å². The fourth-order valence-electron chi connectivity index (χ4n) is 2.91. The van der Waals surface area contributed by atoms with Gasteiger partial charge in [0.1, 0.15) is 0 Å². The first-order chi connectivity index (χ1) is 7.74. The van der Waals surface area contributed by atoms with E-state index in [-0.39, 0.29) is 5.60 Å². The molecule has 3 heteroatoms. The van der Waals surface area contributed by atoms with Gasteiger partial charge in [-0.3, -0.25) is 0 Å². The molecule has 0 spiro atoms. The Bertz CT molecular complexity index is 216. The molecule has 1 aliphatic carbocycles. The highest BCUT2D eigenvalue weighted by Crippen LogP contribution is 2.37. The third-order valence-corrected chi connectivity index (χ3v) is 4.96. The molecule has 0 bridgehead atoms. The summed E-state index contributed by atoms with van der Waals surface area (Å²) in [6.07, 6.45) is 6.29. The van der Waals surface area contributed by atoms with Crippen LogP contribution in [0.3, 0.4) is 0 Å². The Morgan fingerprint density at radius 1 is 1.44 bits per heavy atom. The average molecular weight is 291 g/mol. The molecule has 16 heavy (non-hydrogen) atoms. The van der Waals surface area contributed by atoms with Crippen molar-refractivity contribution in [3.05, 3.63) is 0 Å². The van der Waals surface area contributed by atoms with E-state index in [9.17, 15) is 0 Å². The zero-order valence-electron chi connectivity index (χ0n) is 10.2. The normalized spacial score (nSPS) is 40.1. The molecule has 0 radical (unpaired) electrons. The van der Waals surface area contributed by atoms with Gasteiger partial charge in [-0.05, 0) is 25.2 Å². The van der Waals surface area contributed by atoms with Crippen LogP contribution in [0.2, 0.25) is 0 Å². The van der Waals surface area contributed by atoms with E-state index in [1.165, 1.54) is 32.1 Å². The van der Waals surface area contributed by atoms with E-state index in [1.807, 2.05) is 0 Å². The molecule has 2 nitrogen and oxygen atoms in total. The zero-order valence-corrected chi connectivity index (χ0v) is 11.8. The van der Waals surface area contributed by atoms with Gasteiger partial charge in [0, 0.05) is 17.9 Å². The molecule has 3 atom stereocenters. The monoisotopic (exact) mass is 290 g/mol. The number of alkyl halides is 1. The lowest BCUT2D eigenvalue weighted by atomic mass is 9.80. The predicted octanol–water partition coefficient (Wildman–Crippen LogP) is 3.38. The molecule has 2 rings (SSSR count). The van der Waals surface area contributed by atoms with E-state index in [0.717, 1.165) is 31.1 Å². The summed E-state index contributed by atoms with van der Waals surface area (Å²) in [5, 5.41) is 0.984. The van der Waals surface area contributed by atoms with Gasteiger partial charge in [0.05, 0.1) is 18.8 Å². The Balaban J connectivity index is 1.83. The molecular weight excluding hydrogens is 268 g/mol. The topological polar surface area (TPSA) is 18.5 Å². The number of rotatable bonds is 4. The smallest absolute Gasteiger partial charge is 0.0781 e. The van der Waals surface area contributed by atoms with Crippen molar-refractivity contribution in [2.75, 3.05) is 25.2 Å². The van der Waals surface area contributed by atoms with Crippen LogP contribution in [0.5, 0.6) is 0 Å². The van der Waals surface area contributed by atoms with E-state index in [2.05, 4.69) is 22.9 Å². The summed E-state index contributed by atoms with van der Waals surface area (Å²) in [7, 11) is 0. The minimum atomic E-state index is 0.111. The maximum atomic E-state index is 6.25. The Hall–Kier alpha value is 0.400. The third kappa shape index (κ3) is 3.21. The first-order valence-corrected chi connectivity index (χ1v) is 7.64. The summed E-state index contributed by atoms with van der Waals surface area (Å²) in [4.78, 5) is 0. The summed E-state index contributed by atoms with van der Waals surface area (Å²) in [5.41, 5.74) is 0.111. The van der Waals surface area contributed by atoms with E-state index >= 15 is 0 Å². The highest BCUT2D eigenvalue weighted by Gasteiger charge is 2.35. The minimum absolute atomic E-state index is 0.111. The second-order valence-electron chi connectivity index (χ2n) is 5.56. The van der Waals surface area contributed by atoms with Crippen molar-refractivity contribution >= 4 is 15.9 Å². The molecule has 2 aliphatic rings. The maximum Gasteiger partial charge on any atom is 0.0781 e. The van der Waals surface area contributed by atoms with Crippen LogP contribution >= 0.6 is 15.9 Å². The van der Waals surface area contributed by atoms with E-state index in [0.29, 0.717) is 5.92 Å². The number of halogens is 1. The molecule has 0 amide bonds. The molecule has 0 aromatic carbocycles. The van der Waals surface area contributed by atoms with Gasteiger partial charge in [-0.15, -0.1) is 0 Å². The largest absolute Gasteiger partial charge is 0.381 e. The van der Waals surface area contributed by atoms with E-state index < -0.39 is 0 Å². The van der Waals surface area contributed by atoms with Crippen molar-refractivity contribution in [2.45, 2.75) is 44.6 Å². The molecule has 1 saturated heterocycles. The fourth-order valence-corrected chi connectivity index (χ4v) is 3.58. The van der Waals surface area contributed by atoms with Crippen molar-refractivity contribution in [1.82, 2.24) is 0 Å². The molecule has 94 valence electrons. The van der Waals surface area contributed by atoms with Gasteiger partial charge in [0.15, 0.2) is 0 Å². The summed E-state index contributed by atoms with van der Waals surface area (Å²) in [6.45, 7) is 5.05. The Labute approximate surface area is 107 Å². The Morgan fingerprint density at radius 2 is 2.31 bits per heavy atom. The Morgan fingerprint density at radius 3 is 2.94 bits per heavy atom. The van der Waals surface area contributed by atoms with Crippen LogP contribution in [-0.4, -0.2) is 30.8 Å². The van der Waals surface area contributed by atoms with Crippen LogP contribution in [0, 0.1) is 11.8 Å². The maximum absolute atomic E-state index is 6.25. The quantitative estimate of drug-likeness (QED) is 0.739. The molecule has 1 aliphatic heterocycles. The average Bonchev–Trinajstić information content (AvgIpc) is 2.79. The number of hydrogen-bond acceptors (Lipinski definition) is 2. The molecule has 2 fully saturated rings. The second kappa shape index (κ2) is 5.83. The number of ether oxygens (including phenoxy) is 2. The lowest BCUT2D eigenvalue weighted by Gasteiger charge is -2.39. The van der Waals surface area contributed by atoms with Crippen LogP contribution in [-0.2, 0) is 9.47 Å². The lowest BCUT2D eigenvalue weighted by molar-refractivity contribution is -0.0764. The summed E-state index contributed by atoms with van der Waals surface area (Å²) in [6, 6.07) is 0. The van der Waals surface area contributed by atoms with Gasteiger partial charge < -0.3 is 9.47 Å². The van der Waals surface area contributed by atoms with Gasteiger partial charge in [-0.25, -0.2) is 0 Å². The van der Waals surface area contributed by atoms with Gasteiger partial charge in [-0.2, -0.15) is 0 Å². The lowest BCUT2D eigenvalue weighted by Crippen LogP contribution is -2.40. The van der Waals surface area contributed by atoms with Gasteiger partial charge in [0.25, 0.3) is 0 Å².